The molecule has 0 spiro atoms. The van der Waals surface area contributed by atoms with E-state index in [1.54, 1.807) is 37.3 Å². The van der Waals surface area contributed by atoms with Gasteiger partial charge < -0.3 is 5.32 Å². The monoisotopic (exact) mass is 416 g/mol. The number of aryl methyl sites for hydroxylation is 2. The molecule has 0 fully saturated rings. The summed E-state index contributed by atoms with van der Waals surface area (Å²) in [6, 6.07) is 10.6. The van der Waals surface area contributed by atoms with Crippen LogP contribution in [-0.4, -0.2) is 30.8 Å². The maximum Gasteiger partial charge on any atom is 0.511 e. The molecule has 0 aromatic heterocycles. The van der Waals surface area contributed by atoms with E-state index in [1.807, 2.05) is 0 Å². The number of hydrogen-bond acceptors (Lipinski definition) is 3. The van der Waals surface area contributed by atoms with Gasteiger partial charge in [-0.3, -0.25) is 0 Å². The van der Waals surface area contributed by atoms with Crippen LogP contribution >= 0.6 is 0 Å². The molecule has 0 aliphatic carbocycles. The first-order valence-electron chi connectivity index (χ1n) is 8.74. The number of anilines is 1. The summed E-state index contributed by atoms with van der Waals surface area (Å²) in [6.07, 6.45) is 0.863. The zero-order chi connectivity index (χ0) is 20.5. The predicted molar refractivity (Wildman–Crippen MR) is 98.7 cm³/mol. The Hall–Kier alpha value is -2.13. The summed E-state index contributed by atoms with van der Waals surface area (Å²) in [5.74, 6) is -0.372. The first-order valence-corrected chi connectivity index (χ1v) is 10.2. The summed E-state index contributed by atoms with van der Waals surface area (Å²) in [7, 11) is -5.46. The van der Waals surface area contributed by atoms with Gasteiger partial charge in [0.05, 0.1) is 0 Å². The fourth-order valence-electron chi connectivity index (χ4n) is 3.28. The molecule has 28 heavy (non-hydrogen) atoms. The van der Waals surface area contributed by atoms with Crippen molar-refractivity contribution in [3.05, 3.63) is 65.0 Å². The standard InChI is InChI=1S/C19H20F4N2O2S/c1-13-3-2-4-18-17(13)12-25(28(26,27)19(21,22)23)11-16(24-18)10-7-14-5-8-15(20)9-6-14/h2-6,8-9,16,24H,7,10-12H2,1H3. The minimum atomic E-state index is -5.46. The van der Waals surface area contributed by atoms with E-state index >= 15 is 0 Å². The molecular formula is C19H20F4N2O2S. The average molecular weight is 416 g/mol. The molecule has 0 radical (unpaired) electrons. The number of nitrogens with one attached hydrogen (secondary N) is 1. The smallest absolute Gasteiger partial charge is 0.381 e. The number of rotatable bonds is 4. The van der Waals surface area contributed by atoms with Gasteiger partial charge in [-0.25, -0.2) is 12.8 Å². The summed E-state index contributed by atoms with van der Waals surface area (Å²) in [4.78, 5) is 0. The lowest BCUT2D eigenvalue weighted by atomic mass is 10.0. The second-order valence-corrected chi connectivity index (χ2v) is 8.78. The molecule has 0 saturated carbocycles. The van der Waals surface area contributed by atoms with Gasteiger partial charge in [0.2, 0.25) is 0 Å². The van der Waals surface area contributed by atoms with Crippen molar-refractivity contribution in [2.45, 2.75) is 37.9 Å². The molecule has 3 rings (SSSR count). The van der Waals surface area contributed by atoms with E-state index in [0.717, 1.165) is 5.56 Å². The minimum absolute atomic E-state index is 0.308. The molecule has 1 atom stereocenters. The van der Waals surface area contributed by atoms with Crippen molar-refractivity contribution >= 4 is 15.7 Å². The molecule has 0 amide bonds. The van der Waals surface area contributed by atoms with Crippen LogP contribution < -0.4 is 5.32 Å². The zero-order valence-corrected chi connectivity index (χ0v) is 15.9. The fourth-order valence-corrected chi connectivity index (χ4v) is 4.25. The molecule has 1 aliphatic rings. The van der Waals surface area contributed by atoms with Crippen LogP contribution in [0.1, 0.15) is 23.1 Å². The summed E-state index contributed by atoms with van der Waals surface area (Å²) < 4.78 is 77.1. The van der Waals surface area contributed by atoms with E-state index < -0.39 is 21.6 Å². The van der Waals surface area contributed by atoms with Crippen LogP contribution in [0.15, 0.2) is 42.5 Å². The molecule has 2 aromatic carbocycles. The highest BCUT2D eigenvalue weighted by Gasteiger charge is 2.50. The summed E-state index contributed by atoms with van der Waals surface area (Å²) in [5.41, 5.74) is -2.67. The van der Waals surface area contributed by atoms with E-state index in [4.69, 9.17) is 0 Å². The molecule has 1 heterocycles. The largest absolute Gasteiger partial charge is 0.511 e. The van der Waals surface area contributed by atoms with Crippen LogP contribution in [0.5, 0.6) is 0 Å². The van der Waals surface area contributed by atoms with Crippen LogP contribution in [0.3, 0.4) is 0 Å². The van der Waals surface area contributed by atoms with Gasteiger partial charge in [-0.05, 0) is 54.7 Å². The van der Waals surface area contributed by atoms with E-state index in [-0.39, 0.29) is 18.9 Å². The second kappa shape index (κ2) is 7.71. The lowest BCUT2D eigenvalue weighted by Crippen LogP contribution is -2.44. The molecular weight excluding hydrogens is 396 g/mol. The van der Waals surface area contributed by atoms with Crippen LogP contribution in [0.4, 0.5) is 23.2 Å². The van der Waals surface area contributed by atoms with Crippen molar-refractivity contribution in [1.82, 2.24) is 4.31 Å². The van der Waals surface area contributed by atoms with Crippen molar-refractivity contribution in [2.75, 3.05) is 11.9 Å². The van der Waals surface area contributed by atoms with Gasteiger partial charge in [0, 0.05) is 24.8 Å². The van der Waals surface area contributed by atoms with Gasteiger partial charge in [0.25, 0.3) is 0 Å². The number of benzene rings is 2. The van der Waals surface area contributed by atoms with E-state index in [9.17, 15) is 26.0 Å². The SMILES string of the molecule is Cc1cccc2c1CN(S(=O)(=O)C(F)(F)F)CC(CCc1ccc(F)cc1)N2. The highest BCUT2D eigenvalue weighted by Crippen LogP contribution is 2.33. The molecule has 152 valence electrons. The minimum Gasteiger partial charge on any atom is -0.381 e. The predicted octanol–water partition coefficient (Wildman–Crippen LogP) is 4.21. The molecule has 1 unspecified atom stereocenters. The molecule has 2 aromatic rings. The van der Waals surface area contributed by atoms with E-state index in [1.165, 1.54) is 12.1 Å². The number of sulfonamides is 1. The van der Waals surface area contributed by atoms with Crippen molar-refractivity contribution in [3.63, 3.8) is 0 Å². The Labute approximate surface area is 161 Å². The zero-order valence-electron chi connectivity index (χ0n) is 15.1. The Morgan fingerprint density at radius 2 is 1.82 bits per heavy atom. The topological polar surface area (TPSA) is 49.4 Å². The second-order valence-electron chi connectivity index (χ2n) is 6.85. The molecule has 9 heteroatoms. The average Bonchev–Trinajstić information content (AvgIpc) is 2.81. The Morgan fingerprint density at radius 1 is 1.14 bits per heavy atom. The summed E-state index contributed by atoms with van der Waals surface area (Å²) in [5, 5.41) is 3.19. The first-order chi connectivity index (χ1) is 13.1. The number of fused-ring (bicyclic) bond motifs is 1. The summed E-state index contributed by atoms with van der Waals surface area (Å²) >= 11 is 0. The van der Waals surface area contributed by atoms with Gasteiger partial charge in [-0.15, -0.1) is 0 Å². The maximum absolute atomic E-state index is 13.2. The number of alkyl halides is 3. The quantitative estimate of drug-likeness (QED) is 0.760. The Kier molecular flexibility index (Phi) is 5.67. The highest BCUT2D eigenvalue weighted by molar-refractivity contribution is 7.89. The van der Waals surface area contributed by atoms with E-state index in [2.05, 4.69) is 5.32 Å². The Morgan fingerprint density at radius 3 is 2.46 bits per heavy atom. The Bertz CT molecular complexity index is 943. The molecule has 1 N–H and O–H groups in total. The van der Waals surface area contributed by atoms with Crippen molar-refractivity contribution in [3.8, 4) is 0 Å². The Balaban J connectivity index is 1.89. The molecule has 1 aliphatic heterocycles. The highest BCUT2D eigenvalue weighted by atomic mass is 32.2. The van der Waals surface area contributed by atoms with Gasteiger partial charge >= 0.3 is 15.5 Å². The lowest BCUT2D eigenvalue weighted by molar-refractivity contribution is -0.0491. The molecule has 0 saturated heterocycles. The normalized spacial score (nSPS) is 18.2. The molecule has 4 nitrogen and oxygen atoms in total. The lowest BCUT2D eigenvalue weighted by Gasteiger charge is -2.25. The van der Waals surface area contributed by atoms with Gasteiger partial charge in [-0.1, -0.05) is 24.3 Å². The van der Waals surface area contributed by atoms with Crippen molar-refractivity contribution in [2.24, 2.45) is 0 Å². The van der Waals surface area contributed by atoms with Crippen molar-refractivity contribution < 1.29 is 26.0 Å². The van der Waals surface area contributed by atoms with Gasteiger partial charge in [-0.2, -0.15) is 17.5 Å². The van der Waals surface area contributed by atoms with Crippen molar-refractivity contribution in [1.29, 1.82) is 0 Å². The van der Waals surface area contributed by atoms with Crippen LogP contribution in [0.25, 0.3) is 0 Å². The van der Waals surface area contributed by atoms with Crippen LogP contribution in [-0.2, 0) is 23.0 Å². The van der Waals surface area contributed by atoms with Crippen LogP contribution in [0.2, 0.25) is 0 Å². The third kappa shape index (κ3) is 4.30. The first kappa shape index (κ1) is 20.6. The number of nitrogens with zero attached hydrogens (tertiary/aromatic N) is 1. The van der Waals surface area contributed by atoms with Crippen LogP contribution in [0, 0.1) is 12.7 Å². The summed E-state index contributed by atoms with van der Waals surface area (Å²) in [6.45, 7) is 1.08. The van der Waals surface area contributed by atoms with Gasteiger partial charge in [0.1, 0.15) is 5.82 Å². The third-order valence-electron chi connectivity index (χ3n) is 4.86. The van der Waals surface area contributed by atoms with Gasteiger partial charge in [0.15, 0.2) is 0 Å². The van der Waals surface area contributed by atoms with E-state index in [0.29, 0.717) is 34.0 Å². The fraction of sp³-hybridized carbons (Fsp3) is 0.368. The number of hydrogen-bond donors (Lipinski definition) is 1. The molecule has 0 bridgehead atoms. The maximum atomic E-state index is 13.2. The third-order valence-corrected chi connectivity index (χ3v) is 6.40. The number of halogens is 4.